The van der Waals surface area contributed by atoms with E-state index < -0.39 is 5.41 Å². The average molecular weight is 400 g/mol. The highest BCUT2D eigenvalue weighted by molar-refractivity contribution is 6.31. The molecule has 27 heavy (non-hydrogen) atoms. The molecule has 2 aliphatic rings. The molecule has 1 aliphatic heterocycles. The lowest BCUT2D eigenvalue weighted by Gasteiger charge is -2.46. The van der Waals surface area contributed by atoms with Crippen LogP contribution in [-0.4, -0.2) is 11.7 Å². The van der Waals surface area contributed by atoms with Crippen LogP contribution < -0.4 is 5.32 Å². The van der Waals surface area contributed by atoms with E-state index in [1.807, 2.05) is 31.2 Å². The molecule has 0 bridgehead atoms. The summed E-state index contributed by atoms with van der Waals surface area (Å²) < 4.78 is 0. The fraction of sp³-hybridized carbons (Fsp3) is 0.273. The number of nitrogens with one attached hydrogen (secondary N) is 1. The Balaban J connectivity index is 2.01. The summed E-state index contributed by atoms with van der Waals surface area (Å²) in [6.45, 7) is 6.01. The Bertz CT molecular complexity index is 984. The van der Waals surface area contributed by atoms with Crippen LogP contribution in [0.3, 0.4) is 0 Å². The Hall–Kier alpha value is -2.10. The van der Waals surface area contributed by atoms with Gasteiger partial charge in [0.15, 0.2) is 0 Å². The molecule has 1 N–H and O–H groups in total. The van der Waals surface area contributed by atoms with Crippen molar-refractivity contribution in [2.75, 3.05) is 5.32 Å². The quantitative estimate of drug-likeness (QED) is 0.675. The van der Waals surface area contributed by atoms with E-state index in [1.54, 1.807) is 18.2 Å². The van der Waals surface area contributed by atoms with Crippen molar-refractivity contribution >= 4 is 40.6 Å². The second-order valence-electron chi connectivity index (χ2n) is 7.47. The van der Waals surface area contributed by atoms with Crippen LogP contribution in [0.25, 0.3) is 0 Å². The summed E-state index contributed by atoms with van der Waals surface area (Å²) in [4.78, 5) is 26.1. The standard InChI is InChI=1S/C22H19Cl2NO2/c1-12(2)18-10-16(26)11-19(13-4-3-5-14(23)8-13)22(18)17-7-6-15(24)9-20(17)25-21(22)27/h3-9,18-19H,1,10-11H2,2H3,(H,25,27). The van der Waals surface area contributed by atoms with Crippen LogP contribution in [0.5, 0.6) is 0 Å². The lowest BCUT2D eigenvalue weighted by Crippen LogP contribution is -2.51. The monoisotopic (exact) mass is 399 g/mol. The first-order valence-electron chi connectivity index (χ1n) is 8.88. The zero-order valence-electron chi connectivity index (χ0n) is 14.9. The Kier molecular flexibility index (Phi) is 4.40. The van der Waals surface area contributed by atoms with E-state index >= 15 is 0 Å². The van der Waals surface area contributed by atoms with Crippen molar-refractivity contribution in [1.29, 1.82) is 0 Å². The highest BCUT2D eigenvalue weighted by Gasteiger charge is 2.60. The number of anilines is 1. The first-order valence-corrected chi connectivity index (χ1v) is 9.63. The summed E-state index contributed by atoms with van der Waals surface area (Å²) >= 11 is 12.4. The molecule has 4 rings (SSSR count). The Morgan fingerprint density at radius 1 is 1.11 bits per heavy atom. The van der Waals surface area contributed by atoms with Gasteiger partial charge < -0.3 is 5.32 Å². The zero-order chi connectivity index (χ0) is 19.3. The smallest absolute Gasteiger partial charge is 0.236 e. The highest BCUT2D eigenvalue weighted by Crippen LogP contribution is 2.58. The van der Waals surface area contributed by atoms with E-state index in [4.69, 9.17) is 23.2 Å². The fourth-order valence-electron chi connectivity index (χ4n) is 4.79. The third-order valence-corrected chi connectivity index (χ3v) is 6.33. The average Bonchev–Trinajstić information content (AvgIpc) is 2.88. The Morgan fingerprint density at radius 2 is 1.85 bits per heavy atom. The van der Waals surface area contributed by atoms with Crippen LogP contribution in [0.2, 0.25) is 10.0 Å². The largest absolute Gasteiger partial charge is 0.325 e. The van der Waals surface area contributed by atoms with E-state index in [-0.39, 0.29) is 23.5 Å². The Morgan fingerprint density at radius 3 is 2.56 bits per heavy atom. The van der Waals surface area contributed by atoms with Crippen LogP contribution in [0.4, 0.5) is 5.69 Å². The van der Waals surface area contributed by atoms with Crippen LogP contribution in [0.15, 0.2) is 54.6 Å². The van der Waals surface area contributed by atoms with Gasteiger partial charge in [0.2, 0.25) is 5.91 Å². The summed E-state index contributed by atoms with van der Waals surface area (Å²) in [5.41, 5.74) is 2.40. The molecule has 5 heteroatoms. The van der Waals surface area contributed by atoms with E-state index in [9.17, 15) is 9.59 Å². The number of amides is 1. The number of hydrogen-bond acceptors (Lipinski definition) is 2. The van der Waals surface area contributed by atoms with Crippen molar-refractivity contribution in [3.05, 3.63) is 75.8 Å². The molecule has 0 saturated heterocycles. The predicted octanol–water partition coefficient (Wildman–Crippen LogP) is 5.52. The summed E-state index contributed by atoms with van der Waals surface area (Å²) in [6.07, 6.45) is 0.599. The van der Waals surface area contributed by atoms with Crippen LogP contribution in [0.1, 0.15) is 36.8 Å². The van der Waals surface area contributed by atoms with E-state index in [0.29, 0.717) is 28.6 Å². The summed E-state index contributed by atoms with van der Waals surface area (Å²) in [6, 6.07) is 12.9. The molecule has 1 aliphatic carbocycles. The molecule has 0 radical (unpaired) electrons. The van der Waals surface area contributed by atoms with Gasteiger partial charge >= 0.3 is 0 Å². The maximum atomic E-state index is 13.5. The van der Waals surface area contributed by atoms with Gasteiger partial charge in [-0.05, 0) is 42.3 Å². The van der Waals surface area contributed by atoms with Gasteiger partial charge in [-0.2, -0.15) is 0 Å². The van der Waals surface area contributed by atoms with Gasteiger partial charge in [0, 0.05) is 40.4 Å². The number of carbonyl (C=O) groups is 2. The summed E-state index contributed by atoms with van der Waals surface area (Å²) in [5, 5.41) is 4.15. The molecule has 3 unspecified atom stereocenters. The minimum atomic E-state index is -0.898. The lowest BCUT2D eigenvalue weighted by atomic mass is 9.54. The van der Waals surface area contributed by atoms with Crippen LogP contribution >= 0.6 is 23.2 Å². The molecular weight excluding hydrogens is 381 g/mol. The third-order valence-electron chi connectivity index (χ3n) is 5.86. The number of fused-ring (bicyclic) bond motifs is 2. The molecular formula is C22H19Cl2NO2. The molecule has 3 atom stereocenters. The number of Topliss-reactive ketones (excluding diaryl/α,β-unsaturated/α-hetero) is 1. The van der Waals surface area contributed by atoms with Gasteiger partial charge in [0.25, 0.3) is 0 Å². The topological polar surface area (TPSA) is 46.2 Å². The Labute approximate surface area is 168 Å². The van der Waals surface area contributed by atoms with Crippen molar-refractivity contribution in [3.63, 3.8) is 0 Å². The van der Waals surface area contributed by atoms with Gasteiger partial charge in [0.1, 0.15) is 5.78 Å². The SMILES string of the molecule is C=C(C)C1CC(=O)CC(c2cccc(Cl)c2)C12C(=O)Nc1cc(Cl)ccc12. The number of benzene rings is 2. The van der Waals surface area contributed by atoms with Crippen molar-refractivity contribution < 1.29 is 9.59 Å². The molecule has 1 fully saturated rings. The van der Waals surface area contributed by atoms with Crippen molar-refractivity contribution in [1.82, 2.24) is 0 Å². The van der Waals surface area contributed by atoms with Crippen LogP contribution in [-0.2, 0) is 15.0 Å². The zero-order valence-corrected chi connectivity index (χ0v) is 16.4. The van der Waals surface area contributed by atoms with E-state index in [2.05, 4.69) is 11.9 Å². The van der Waals surface area contributed by atoms with Crippen molar-refractivity contribution in [3.8, 4) is 0 Å². The number of hydrogen-bond donors (Lipinski definition) is 1. The number of allylic oxidation sites excluding steroid dienone is 1. The molecule has 1 saturated carbocycles. The predicted molar refractivity (Wildman–Crippen MR) is 108 cm³/mol. The fourth-order valence-corrected chi connectivity index (χ4v) is 5.16. The molecule has 1 heterocycles. The van der Waals surface area contributed by atoms with Crippen molar-refractivity contribution in [2.24, 2.45) is 5.92 Å². The van der Waals surface area contributed by atoms with Gasteiger partial charge in [-0.3, -0.25) is 9.59 Å². The van der Waals surface area contributed by atoms with Gasteiger partial charge in [0.05, 0.1) is 5.41 Å². The number of halogens is 2. The van der Waals surface area contributed by atoms with Gasteiger partial charge in [-0.15, -0.1) is 0 Å². The second kappa shape index (κ2) is 6.50. The molecule has 2 aromatic carbocycles. The maximum Gasteiger partial charge on any atom is 0.236 e. The number of carbonyl (C=O) groups excluding carboxylic acids is 2. The molecule has 1 amide bonds. The first-order chi connectivity index (χ1) is 12.8. The number of ketones is 1. The lowest BCUT2D eigenvalue weighted by molar-refractivity contribution is -0.130. The maximum absolute atomic E-state index is 13.5. The summed E-state index contributed by atoms with van der Waals surface area (Å²) in [5.74, 6) is -0.578. The van der Waals surface area contributed by atoms with Gasteiger partial charge in [-0.1, -0.05) is 53.6 Å². The first kappa shape index (κ1) is 18.3. The molecule has 1 spiro atoms. The number of rotatable bonds is 2. The molecule has 0 aromatic heterocycles. The highest BCUT2D eigenvalue weighted by atomic mass is 35.5. The van der Waals surface area contributed by atoms with Crippen molar-refractivity contribution in [2.45, 2.75) is 31.1 Å². The van der Waals surface area contributed by atoms with E-state index in [1.165, 1.54) is 0 Å². The van der Waals surface area contributed by atoms with E-state index in [0.717, 1.165) is 16.7 Å². The normalized spacial score (nSPS) is 26.8. The minimum Gasteiger partial charge on any atom is -0.325 e. The van der Waals surface area contributed by atoms with Crippen LogP contribution in [0, 0.1) is 5.92 Å². The third kappa shape index (κ3) is 2.72. The minimum absolute atomic E-state index is 0.106. The summed E-state index contributed by atoms with van der Waals surface area (Å²) in [7, 11) is 0. The second-order valence-corrected chi connectivity index (χ2v) is 8.34. The molecule has 3 nitrogen and oxygen atoms in total. The molecule has 138 valence electrons. The molecule has 2 aromatic rings. The van der Waals surface area contributed by atoms with Gasteiger partial charge in [-0.25, -0.2) is 0 Å².